The third kappa shape index (κ3) is 3.93. The van der Waals surface area contributed by atoms with Gasteiger partial charge in [-0.1, -0.05) is 6.07 Å². The fourth-order valence-electron chi connectivity index (χ4n) is 2.45. The minimum atomic E-state index is -0.600. The van der Waals surface area contributed by atoms with Crippen molar-refractivity contribution < 1.29 is 23.9 Å². The molecule has 1 aliphatic heterocycles. The normalized spacial score (nSPS) is 14.2. The van der Waals surface area contributed by atoms with Gasteiger partial charge in [-0.05, 0) is 46.8 Å². The first kappa shape index (κ1) is 18.0. The third-order valence-electron chi connectivity index (χ3n) is 3.28. The van der Waals surface area contributed by atoms with Crippen LogP contribution in [0.25, 0.3) is 0 Å². The smallest absolute Gasteiger partial charge is 0.308 e. The molecule has 2 amide bonds. The SMILES string of the molecule is CC(C)Oc1cccc2c1C(=O)N(CCC(=O)OC(C)(C)C)C2=O. The summed E-state index contributed by atoms with van der Waals surface area (Å²) in [5, 5.41) is 0. The average Bonchev–Trinajstić information content (AvgIpc) is 2.67. The lowest BCUT2D eigenvalue weighted by Crippen LogP contribution is -2.33. The number of fused-ring (bicyclic) bond motifs is 1. The van der Waals surface area contributed by atoms with Gasteiger partial charge in [0.2, 0.25) is 0 Å². The molecular weight excluding hydrogens is 310 g/mol. The van der Waals surface area contributed by atoms with E-state index in [2.05, 4.69) is 0 Å². The summed E-state index contributed by atoms with van der Waals surface area (Å²) in [6, 6.07) is 4.94. The number of carbonyl (C=O) groups is 3. The maximum Gasteiger partial charge on any atom is 0.308 e. The molecule has 0 aliphatic carbocycles. The van der Waals surface area contributed by atoms with E-state index >= 15 is 0 Å². The first-order valence-corrected chi connectivity index (χ1v) is 7.98. The summed E-state index contributed by atoms with van der Waals surface area (Å²) < 4.78 is 10.8. The molecule has 1 aliphatic rings. The molecule has 0 saturated carbocycles. The van der Waals surface area contributed by atoms with Crippen molar-refractivity contribution in [3.8, 4) is 5.75 Å². The lowest BCUT2D eigenvalue weighted by molar-refractivity contribution is -0.154. The van der Waals surface area contributed by atoms with Gasteiger partial charge in [0.25, 0.3) is 11.8 Å². The molecule has 0 fully saturated rings. The van der Waals surface area contributed by atoms with Crippen LogP contribution in [0.3, 0.4) is 0 Å². The Morgan fingerprint density at radius 1 is 1.17 bits per heavy atom. The molecule has 0 radical (unpaired) electrons. The number of rotatable bonds is 5. The molecule has 0 spiro atoms. The van der Waals surface area contributed by atoms with E-state index in [1.807, 2.05) is 13.8 Å². The van der Waals surface area contributed by atoms with E-state index in [4.69, 9.17) is 9.47 Å². The Balaban J connectivity index is 2.14. The van der Waals surface area contributed by atoms with Gasteiger partial charge in [0.1, 0.15) is 11.4 Å². The number of ether oxygens (including phenoxy) is 2. The largest absolute Gasteiger partial charge is 0.490 e. The second kappa shape index (κ2) is 6.63. The third-order valence-corrected chi connectivity index (χ3v) is 3.28. The maximum absolute atomic E-state index is 12.6. The van der Waals surface area contributed by atoms with Crippen molar-refractivity contribution >= 4 is 17.8 Å². The minimum Gasteiger partial charge on any atom is -0.490 e. The Morgan fingerprint density at radius 3 is 2.42 bits per heavy atom. The number of nitrogens with zero attached hydrogens (tertiary/aromatic N) is 1. The zero-order chi connectivity index (χ0) is 18.1. The molecule has 0 saturated heterocycles. The van der Waals surface area contributed by atoms with Crippen LogP contribution in [0.5, 0.6) is 5.75 Å². The van der Waals surface area contributed by atoms with Crippen LogP contribution in [0, 0.1) is 0 Å². The van der Waals surface area contributed by atoms with Crippen LogP contribution in [-0.2, 0) is 9.53 Å². The first-order valence-electron chi connectivity index (χ1n) is 7.98. The van der Waals surface area contributed by atoms with Crippen molar-refractivity contribution in [2.45, 2.75) is 52.7 Å². The van der Waals surface area contributed by atoms with Crippen LogP contribution in [0.15, 0.2) is 18.2 Å². The number of hydrogen-bond donors (Lipinski definition) is 0. The molecule has 0 N–H and O–H groups in total. The Kier molecular flexibility index (Phi) is 4.96. The lowest BCUT2D eigenvalue weighted by atomic mass is 10.1. The van der Waals surface area contributed by atoms with Crippen LogP contribution < -0.4 is 4.74 Å². The zero-order valence-electron chi connectivity index (χ0n) is 14.7. The first-order chi connectivity index (χ1) is 11.1. The Hall–Kier alpha value is -2.37. The fraction of sp³-hybridized carbons (Fsp3) is 0.500. The summed E-state index contributed by atoms with van der Waals surface area (Å²) >= 11 is 0. The highest BCUT2D eigenvalue weighted by Crippen LogP contribution is 2.31. The zero-order valence-corrected chi connectivity index (χ0v) is 14.7. The number of esters is 1. The van der Waals surface area contributed by atoms with E-state index in [0.717, 1.165) is 4.90 Å². The van der Waals surface area contributed by atoms with E-state index in [0.29, 0.717) is 11.3 Å². The number of carbonyl (C=O) groups excluding carboxylic acids is 3. The Morgan fingerprint density at radius 2 is 1.83 bits per heavy atom. The number of hydrogen-bond acceptors (Lipinski definition) is 5. The van der Waals surface area contributed by atoms with Gasteiger partial charge in [-0.3, -0.25) is 19.3 Å². The van der Waals surface area contributed by atoms with Crippen molar-refractivity contribution in [1.82, 2.24) is 4.90 Å². The molecular formula is C18H23NO5. The van der Waals surface area contributed by atoms with Gasteiger partial charge in [-0.25, -0.2) is 0 Å². The monoisotopic (exact) mass is 333 g/mol. The second-order valence-corrected chi connectivity index (χ2v) is 6.94. The fourth-order valence-corrected chi connectivity index (χ4v) is 2.45. The molecule has 6 heteroatoms. The lowest BCUT2D eigenvalue weighted by Gasteiger charge is -2.20. The maximum atomic E-state index is 12.6. The number of benzene rings is 1. The van der Waals surface area contributed by atoms with Crippen molar-refractivity contribution in [2.75, 3.05) is 6.54 Å². The van der Waals surface area contributed by atoms with Crippen LogP contribution in [0.4, 0.5) is 0 Å². The van der Waals surface area contributed by atoms with E-state index < -0.39 is 23.4 Å². The summed E-state index contributed by atoms with van der Waals surface area (Å²) in [5.41, 5.74) is -0.0279. The summed E-state index contributed by atoms with van der Waals surface area (Å²) in [7, 11) is 0. The molecule has 24 heavy (non-hydrogen) atoms. The summed E-state index contributed by atoms with van der Waals surface area (Å²) in [6.45, 7) is 8.98. The molecule has 1 aromatic carbocycles. The van der Waals surface area contributed by atoms with Gasteiger partial charge < -0.3 is 9.47 Å². The van der Waals surface area contributed by atoms with Crippen molar-refractivity contribution in [3.05, 3.63) is 29.3 Å². The van der Waals surface area contributed by atoms with Crippen molar-refractivity contribution in [2.24, 2.45) is 0 Å². The molecule has 0 atom stereocenters. The van der Waals surface area contributed by atoms with Crippen LogP contribution in [0.2, 0.25) is 0 Å². The molecule has 2 rings (SSSR count). The van der Waals surface area contributed by atoms with E-state index in [1.54, 1.807) is 39.0 Å². The highest BCUT2D eigenvalue weighted by Gasteiger charge is 2.38. The van der Waals surface area contributed by atoms with Crippen LogP contribution >= 0.6 is 0 Å². The van der Waals surface area contributed by atoms with Crippen LogP contribution in [0.1, 0.15) is 61.8 Å². The molecule has 1 heterocycles. The van der Waals surface area contributed by atoms with Crippen molar-refractivity contribution in [1.29, 1.82) is 0 Å². The van der Waals surface area contributed by atoms with Gasteiger partial charge in [0.05, 0.1) is 23.7 Å². The molecule has 0 aromatic heterocycles. The van der Waals surface area contributed by atoms with E-state index in [-0.39, 0.29) is 24.6 Å². The topological polar surface area (TPSA) is 72.9 Å². The van der Waals surface area contributed by atoms with Gasteiger partial charge in [0.15, 0.2) is 0 Å². The summed E-state index contributed by atoms with van der Waals surface area (Å²) in [4.78, 5) is 37.9. The van der Waals surface area contributed by atoms with Gasteiger partial charge >= 0.3 is 5.97 Å². The minimum absolute atomic E-state index is 0.0115. The molecule has 130 valence electrons. The van der Waals surface area contributed by atoms with Crippen molar-refractivity contribution in [3.63, 3.8) is 0 Å². The highest BCUT2D eigenvalue weighted by atomic mass is 16.6. The molecule has 6 nitrogen and oxygen atoms in total. The second-order valence-electron chi connectivity index (χ2n) is 6.94. The molecule has 0 unspecified atom stereocenters. The predicted octanol–water partition coefficient (Wildman–Crippen LogP) is 2.80. The van der Waals surface area contributed by atoms with E-state index in [1.165, 1.54) is 0 Å². The van der Waals surface area contributed by atoms with Gasteiger partial charge in [-0.15, -0.1) is 0 Å². The highest BCUT2D eigenvalue weighted by molar-refractivity contribution is 6.22. The standard InChI is InChI=1S/C18H23NO5/c1-11(2)23-13-8-6-7-12-15(13)17(22)19(16(12)21)10-9-14(20)24-18(3,4)5/h6-8,11H,9-10H2,1-5H3. The Labute approximate surface area is 141 Å². The van der Waals surface area contributed by atoms with Gasteiger partial charge in [0, 0.05) is 6.54 Å². The molecule has 0 bridgehead atoms. The summed E-state index contributed by atoms with van der Waals surface area (Å²) in [6.07, 6.45) is -0.154. The summed E-state index contributed by atoms with van der Waals surface area (Å²) in [5.74, 6) is -0.902. The number of amides is 2. The van der Waals surface area contributed by atoms with Crippen LogP contribution in [-0.4, -0.2) is 40.9 Å². The van der Waals surface area contributed by atoms with Gasteiger partial charge in [-0.2, -0.15) is 0 Å². The average molecular weight is 333 g/mol. The number of imide groups is 1. The molecule has 1 aromatic rings. The Bertz CT molecular complexity index is 672. The van der Waals surface area contributed by atoms with E-state index in [9.17, 15) is 14.4 Å². The quantitative estimate of drug-likeness (QED) is 0.612. The predicted molar refractivity (Wildman–Crippen MR) is 88.0 cm³/mol.